The molecule has 278 valence electrons. The molecule has 12 heteroatoms. The molecule has 4 aromatic rings. The van der Waals surface area contributed by atoms with Crippen molar-refractivity contribution < 1.29 is 28.9 Å². The third-order valence-corrected chi connectivity index (χ3v) is 16.6. The van der Waals surface area contributed by atoms with Crippen molar-refractivity contribution in [1.29, 1.82) is 0 Å². The Kier molecular flexibility index (Phi) is 10.2. The molecule has 7 rings (SSSR count). The van der Waals surface area contributed by atoms with Gasteiger partial charge in [0.1, 0.15) is 5.75 Å². The van der Waals surface area contributed by atoms with E-state index in [0.717, 1.165) is 39.9 Å². The summed E-state index contributed by atoms with van der Waals surface area (Å²) in [6, 6.07) is 24.8. The lowest BCUT2D eigenvalue weighted by molar-refractivity contribution is -0.150. The third kappa shape index (κ3) is 6.33. The topological polar surface area (TPSA) is 111 Å². The van der Waals surface area contributed by atoms with Gasteiger partial charge in [-0.1, -0.05) is 65.4 Å². The number of amides is 2. The van der Waals surface area contributed by atoms with Crippen molar-refractivity contribution in [2.75, 3.05) is 32.3 Å². The SMILES string of the molecule is COc1ccc([Si](C)(C)[C@H]2[C@H](CC(=O)N3CCC[C@H]3CO)O[C@@]3(C(=O)N(Cc4ccc(-n5cccc(OC)c5=O)cc4)c4ccc(Br)cc43)[C@@H]2C)cc1. The summed E-state index contributed by atoms with van der Waals surface area (Å²) in [6.07, 6.45) is 2.92. The Balaban J connectivity index is 1.26. The Bertz CT molecular complexity index is 2070. The lowest BCUT2D eigenvalue weighted by Gasteiger charge is -2.37. The highest BCUT2D eigenvalue weighted by atomic mass is 79.9. The number of anilines is 1. The first-order valence-electron chi connectivity index (χ1n) is 18.1. The average molecular weight is 801 g/mol. The number of likely N-dealkylation sites (tertiary alicyclic amines) is 1. The summed E-state index contributed by atoms with van der Waals surface area (Å²) >= 11 is 3.68. The predicted octanol–water partition coefficient (Wildman–Crippen LogP) is 5.75. The Hall–Kier alpha value is -4.23. The highest BCUT2D eigenvalue weighted by Gasteiger charge is 2.66. The summed E-state index contributed by atoms with van der Waals surface area (Å²) in [4.78, 5) is 45.7. The molecular weight excluding hydrogens is 754 g/mol. The van der Waals surface area contributed by atoms with Crippen molar-refractivity contribution in [3.05, 3.63) is 111 Å². The Labute approximate surface area is 319 Å². The minimum absolute atomic E-state index is 0.0488. The number of aromatic nitrogens is 1. The molecule has 1 spiro atoms. The number of halogens is 1. The van der Waals surface area contributed by atoms with E-state index in [-0.39, 0.29) is 60.2 Å². The smallest absolute Gasteiger partial charge is 0.297 e. The molecule has 2 saturated heterocycles. The van der Waals surface area contributed by atoms with Crippen LogP contribution in [0.4, 0.5) is 5.69 Å². The van der Waals surface area contributed by atoms with Gasteiger partial charge in [0.25, 0.3) is 11.5 Å². The molecule has 0 unspecified atom stereocenters. The summed E-state index contributed by atoms with van der Waals surface area (Å²) in [5, 5.41) is 11.2. The van der Waals surface area contributed by atoms with Gasteiger partial charge in [-0.2, -0.15) is 0 Å². The number of nitrogens with zero attached hydrogens (tertiary/aromatic N) is 3. The molecule has 0 bridgehead atoms. The van der Waals surface area contributed by atoms with Crippen LogP contribution in [-0.2, 0) is 26.5 Å². The Morgan fingerprint density at radius 2 is 1.75 bits per heavy atom. The lowest BCUT2D eigenvalue weighted by atomic mass is 9.82. The molecule has 1 N–H and O–H groups in total. The molecule has 0 radical (unpaired) electrons. The van der Waals surface area contributed by atoms with Crippen LogP contribution in [0.1, 0.15) is 37.3 Å². The van der Waals surface area contributed by atoms with Gasteiger partial charge in [0.15, 0.2) is 11.4 Å². The van der Waals surface area contributed by atoms with Crippen LogP contribution >= 0.6 is 15.9 Å². The maximum atomic E-state index is 15.2. The fourth-order valence-electron chi connectivity index (χ4n) is 9.06. The number of pyridine rings is 1. The number of fused-ring (bicyclic) bond motifs is 2. The number of rotatable bonds is 10. The van der Waals surface area contributed by atoms with Gasteiger partial charge in [0.2, 0.25) is 5.91 Å². The van der Waals surface area contributed by atoms with E-state index >= 15 is 4.79 Å². The number of benzene rings is 3. The molecular formula is C41H46BrN3O7Si. The van der Waals surface area contributed by atoms with Gasteiger partial charge < -0.3 is 29.1 Å². The lowest BCUT2D eigenvalue weighted by Crippen LogP contribution is -2.52. The number of methoxy groups -OCH3 is 2. The zero-order valence-corrected chi connectivity index (χ0v) is 33.3. The molecule has 3 aliphatic rings. The maximum absolute atomic E-state index is 15.2. The van der Waals surface area contributed by atoms with Gasteiger partial charge in [-0.15, -0.1) is 0 Å². The maximum Gasteiger partial charge on any atom is 0.297 e. The molecule has 53 heavy (non-hydrogen) atoms. The number of hydrogen-bond acceptors (Lipinski definition) is 7. The summed E-state index contributed by atoms with van der Waals surface area (Å²) < 4.78 is 20.3. The van der Waals surface area contributed by atoms with E-state index in [1.165, 1.54) is 16.9 Å². The highest BCUT2D eigenvalue weighted by molar-refractivity contribution is 9.10. The van der Waals surface area contributed by atoms with E-state index in [1.807, 2.05) is 54.6 Å². The predicted molar refractivity (Wildman–Crippen MR) is 210 cm³/mol. The zero-order chi connectivity index (χ0) is 37.7. The van der Waals surface area contributed by atoms with Crippen molar-refractivity contribution in [3.8, 4) is 17.2 Å². The van der Waals surface area contributed by atoms with E-state index in [4.69, 9.17) is 14.2 Å². The molecule has 3 aliphatic heterocycles. The van der Waals surface area contributed by atoms with Gasteiger partial charge >= 0.3 is 0 Å². The van der Waals surface area contributed by atoms with Crippen LogP contribution in [0.15, 0.2) is 94.3 Å². The summed E-state index contributed by atoms with van der Waals surface area (Å²) in [6.45, 7) is 7.55. The normalized spacial score (nSPS) is 23.9. The first-order valence-corrected chi connectivity index (χ1v) is 22.0. The number of carbonyl (C=O) groups excluding carboxylic acids is 2. The number of aliphatic hydroxyl groups is 1. The van der Waals surface area contributed by atoms with Crippen LogP contribution in [0.2, 0.25) is 18.6 Å². The number of aliphatic hydroxyl groups excluding tert-OH is 1. The van der Waals surface area contributed by atoms with Gasteiger partial charge in [-0.3, -0.25) is 19.0 Å². The van der Waals surface area contributed by atoms with Gasteiger partial charge in [0, 0.05) is 34.4 Å². The molecule has 10 nitrogen and oxygen atoms in total. The zero-order valence-electron chi connectivity index (χ0n) is 30.8. The number of hydrogen-bond donors (Lipinski definition) is 1. The molecule has 2 fully saturated rings. The van der Waals surface area contributed by atoms with Crippen LogP contribution in [0.25, 0.3) is 5.69 Å². The third-order valence-electron chi connectivity index (χ3n) is 11.8. The molecule has 2 amide bonds. The van der Waals surface area contributed by atoms with Gasteiger partial charge in [-0.05, 0) is 78.5 Å². The van der Waals surface area contributed by atoms with E-state index < -0.39 is 19.8 Å². The van der Waals surface area contributed by atoms with E-state index in [0.29, 0.717) is 12.2 Å². The molecule has 5 atom stereocenters. The minimum atomic E-state index is -2.46. The monoisotopic (exact) mass is 799 g/mol. The van der Waals surface area contributed by atoms with Crippen molar-refractivity contribution >= 4 is 46.7 Å². The number of ether oxygens (including phenoxy) is 3. The first-order chi connectivity index (χ1) is 25.4. The molecule has 0 aliphatic carbocycles. The van der Waals surface area contributed by atoms with Crippen molar-refractivity contribution in [3.63, 3.8) is 0 Å². The largest absolute Gasteiger partial charge is 0.497 e. The van der Waals surface area contributed by atoms with Gasteiger partial charge in [0.05, 0.1) is 59.7 Å². The van der Waals surface area contributed by atoms with Crippen molar-refractivity contribution in [2.45, 2.75) is 69.1 Å². The number of carbonyl (C=O) groups is 2. The molecule has 1 aromatic heterocycles. The summed E-state index contributed by atoms with van der Waals surface area (Å²) in [5.74, 6) is 0.547. The second-order valence-corrected chi connectivity index (χ2v) is 20.5. The second kappa shape index (κ2) is 14.5. The van der Waals surface area contributed by atoms with E-state index in [2.05, 4.69) is 48.1 Å². The minimum Gasteiger partial charge on any atom is -0.497 e. The fraction of sp³-hybridized carbons (Fsp3) is 0.390. The van der Waals surface area contributed by atoms with Crippen LogP contribution in [-0.4, -0.2) is 74.0 Å². The molecule has 0 saturated carbocycles. The van der Waals surface area contributed by atoms with Crippen LogP contribution < -0.4 is 25.1 Å². The standard InChI is InChI=1S/C41H46BrN3O7Si/c1-26-38(53(4,5)32-17-15-31(50-2)16-18-32)36(23-37(47)43-20-6-8-30(43)25-46)52-41(26)33-22-28(42)12-19-34(33)45(40(41)49)24-27-10-13-29(14-11-27)44-21-7-9-35(51-3)39(44)48/h7,9-19,21-22,26,30,36,38,46H,6,8,20,23-25H2,1-5H3/t26-,30+,36+,38-,41+/m1/s1. The molecule has 4 heterocycles. The van der Waals surface area contributed by atoms with E-state index in [1.54, 1.807) is 35.2 Å². The fourth-order valence-corrected chi connectivity index (χ4v) is 13.4. The quantitative estimate of drug-likeness (QED) is 0.204. The summed E-state index contributed by atoms with van der Waals surface area (Å²) in [5.41, 5.74) is 1.44. The summed E-state index contributed by atoms with van der Waals surface area (Å²) in [7, 11) is 0.658. The second-order valence-electron chi connectivity index (χ2n) is 14.9. The van der Waals surface area contributed by atoms with Crippen LogP contribution in [0.5, 0.6) is 11.5 Å². The van der Waals surface area contributed by atoms with Gasteiger partial charge in [-0.25, -0.2) is 0 Å². The highest BCUT2D eigenvalue weighted by Crippen LogP contribution is 2.60. The average Bonchev–Trinajstić information content (AvgIpc) is 3.82. The van der Waals surface area contributed by atoms with Crippen LogP contribution in [0, 0.1) is 5.92 Å². The van der Waals surface area contributed by atoms with Crippen molar-refractivity contribution in [2.24, 2.45) is 5.92 Å². The van der Waals surface area contributed by atoms with E-state index in [9.17, 15) is 14.7 Å². The van der Waals surface area contributed by atoms with Crippen LogP contribution in [0.3, 0.4) is 0 Å². The van der Waals surface area contributed by atoms with Crippen molar-refractivity contribution in [1.82, 2.24) is 9.47 Å². The molecule has 3 aromatic carbocycles. The first kappa shape index (κ1) is 37.1. The Morgan fingerprint density at radius 3 is 2.43 bits per heavy atom. The Morgan fingerprint density at radius 1 is 1.02 bits per heavy atom.